The van der Waals surface area contributed by atoms with Gasteiger partial charge in [-0.25, -0.2) is 0 Å². The monoisotopic (exact) mass is 312 g/mol. The minimum absolute atomic E-state index is 0.0911. The molecule has 4 heteroatoms. The molecule has 2 aromatic rings. The quantitative estimate of drug-likeness (QED) is 0.911. The molecule has 0 aliphatic carbocycles. The fraction of sp³-hybridized carbons (Fsp3) is 0.421. The van der Waals surface area contributed by atoms with E-state index in [0.717, 1.165) is 30.6 Å². The molecule has 0 bridgehead atoms. The van der Waals surface area contributed by atoms with Crippen molar-refractivity contribution in [2.45, 2.75) is 38.8 Å². The molecule has 3 rings (SSSR count). The van der Waals surface area contributed by atoms with E-state index in [4.69, 9.17) is 0 Å². The van der Waals surface area contributed by atoms with Crippen LogP contribution in [0.25, 0.3) is 0 Å². The first kappa shape index (κ1) is 16.0. The van der Waals surface area contributed by atoms with Crippen LogP contribution in [0.4, 0.5) is 0 Å². The largest absolute Gasteiger partial charge is 0.506 e. The van der Waals surface area contributed by atoms with Gasteiger partial charge in [-0.05, 0) is 37.8 Å². The van der Waals surface area contributed by atoms with E-state index in [-0.39, 0.29) is 12.4 Å². The van der Waals surface area contributed by atoms with Crippen LogP contribution >= 0.6 is 0 Å². The summed E-state index contributed by atoms with van der Waals surface area (Å²) in [6, 6.07) is 10.6. The number of rotatable bonds is 4. The number of piperidine rings is 1. The summed E-state index contributed by atoms with van der Waals surface area (Å²) < 4.78 is 0. The molecule has 0 spiro atoms. The summed E-state index contributed by atoms with van der Waals surface area (Å²) in [6.45, 7) is 4.37. The molecule has 1 aliphatic heterocycles. The van der Waals surface area contributed by atoms with E-state index >= 15 is 0 Å². The van der Waals surface area contributed by atoms with Crippen LogP contribution in [0.1, 0.15) is 41.1 Å². The summed E-state index contributed by atoms with van der Waals surface area (Å²) in [5.74, 6) is 0.756. The highest BCUT2D eigenvalue weighted by Gasteiger charge is 2.23. The molecule has 2 heterocycles. The smallest absolute Gasteiger partial charge is 0.141 e. The van der Waals surface area contributed by atoms with Crippen LogP contribution in [-0.2, 0) is 13.2 Å². The third-order valence-corrected chi connectivity index (χ3v) is 4.76. The number of hydrogen-bond acceptors (Lipinski definition) is 4. The summed E-state index contributed by atoms with van der Waals surface area (Å²) in [5.41, 5.74) is 3.53. The first-order valence-corrected chi connectivity index (χ1v) is 8.23. The number of hydrogen-bond donors (Lipinski definition) is 2. The summed E-state index contributed by atoms with van der Waals surface area (Å²) >= 11 is 0. The van der Waals surface area contributed by atoms with E-state index in [9.17, 15) is 10.2 Å². The van der Waals surface area contributed by atoms with Gasteiger partial charge in [0.2, 0.25) is 0 Å². The van der Waals surface area contributed by atoms with E-state index in [2.05, 4.69) is 40.2 Å². The molecule has 1 saturated heterocycles. The highest BCUT2D eigenvalue weighted by atomic mass is 16.3. The van der Waals surface area contributed by atoms with Crippen molar-refractivity contribution in [2.75, 3.05) is 13.1 Å². The molecule has 1 atom stereocenters. The molecule has 23 heavy (non-hydrogen) atoms. The van der Waals surface area contributed by atoms with Crippen molar-refractivity contribution in [3.05, 3.63) is 58.9 Å². The van der Waals surface area contributed by atoms with E-state index in [0.29, 0.717) is 18.2 Å². The molecule has 122 valence electrons. The Hall–Kier alpha value is -1.91. The van der Waals surface area contributed by atoms with Crippen LogP contribution in [-0.4, -0.2) is 33.2 Å². The molecular weight excluding hydrogens is 288 g/mol. The van der Waals surface area contributed by atoms with Crippen molar-refractivity contribution in [2.24, 2.45) is 0 Å². The lowest BCUT2D eigenvalue weighted by molar-refractivity contribution is 0.195. The average molecular weight is 312 g/mol. The van der Waals surface area contributed by atoms with Gasteiger partial charge in [-0.2, -0.15) is 0 Å². The van der Waals surface area contributed by atoms with Crippen LogP contribution in [0.3, 0.4) is 0 Å². The maximum atomic E-state index is 10.3. The first-order valence-electron chi connectivity index (χ1n) is 8.23. The molecule has 1 aromatic carbocycles. The average Bonchev–Trinajstić information content (AvgIpc) is 2.60. The number of nitrogens with zero attached hydrogens (tertiary/aromatic N) is 2. The first-order chi connectivity index (χ1) is 11.2. The number of benzene rings is 1. The SMILES string of the molecule is Cc1ncc(CO)c(CN2CCC[C@H](c3ccccc3)C2)c1O. The standard InChI is InChI=1S/C19H24N2O2/c1-14-19(23)18(17(13-22)10-20-14)12-21-9-5-8-16(11-21)15-6-3-2-4-7-15/h2-4,6-7,10,16,22-23H,5,8-9,11-13H2,1H3/t16-/m0/s1. The lowest BCUT2D eigenvalue weighted by atomic mass is 9.90. The maximum absolute atomic E-state index is 10.3. The Labute approximate surface area is 137 Å². The highest BCUT2D eigenvalue weighted by molar-refractivity contribution is 5.40. The minimum atomic E-state index is -0.0911. The maximum Gasteiger partial charge on any atom is 0.141 e. The Kier molecular flexibility index (Phi) is 4.94. The Balaban J connectivity index is 1.77. The van der Waals surface area contributed by atoms with Gasteiger partial charge < -0.3 is 10.2 Å². The van der Waals surface area contributed by atoms with Crippen LogP contribution in [0, 0.1) is 6.92 Å². The third-order valence-electron chi connectivity index (χ3n) is 4.76. The summed E-state index contributed by atoms with van der Waals surface area (Å²) in [5, 5.41) is 19.8. The zero-order valence-electron chi connectivity index (χ0n) is 13.6. The van der Waals surface area contributed by atoms with Gasteiger partial charge in [0.25, 0.3) is 0 Å². The molecule has 1 aromatic heterocycles. The van der Waals surface area contributed by atoms with E-state index in [1.165, 1.54) is 12.0 Å². The molecule has 2 N–H and O–H groups in total. The van der Waals surface area contributed by atoms with Gasteiger partial charge in [0.15, 0.2) is 0 Å². The van der Waals surface area contributed by atoms with Crippen molar-refractivity contribution in [1.82, 2.24) is 9.88 Å². The highest BCUT2D eigenvalue weighted by Crippen LogP contribution is 2.30. The molecule has 0 amide bonds. The Bertz CT molecular complexity index is 658. The van der Waals surface area contributed by atoms with Gasteiger partial charge in [-0.15, -0.1) is 0 Å². The number of aliphatic hydroxyl groups is 1. The number of aromatic hydroxyl groups is 1. The van der Waals surface area contributed by atoms with Crippen molar-refractivity contribution >= 4 is 0 Å². The molecule has 0 radical (unpaired) electrons. The van der Waals surface area contributed by atoms with Gasteiger partial charge in [0, 0.05) is 30.4 Å². The number of likely N-dealkylation sites (tertiary alicyclic amines) is 1. The van der Waals surface area contributed by atoms with Crippen LogP contribution < -0.4 is 0 Å². The van der Waals surface area contributed by atoms with Gasteiger partial charge in [-0.1, -0.05) is 30.3 Å². The van der Waals surface area contributed by atoms with E-state index < -0.39 is 0 Å². The predicted octanol–water partition coefficient (Wildman–Crippen LogP) is 2.97. The fourth-order valence-electron chi connectivity index (χ4n) is 3.42. The fourth-order valence-corrected chi connectivity index (χ4v) is 3.42. The molecular formula is C19H24N2O2. The predicted molar refractivity (Wildman–Crippen MR) is 90.3 cm³/mol. The van der Waals surface area contributed by atoms with E-state index in [1.54, 1.807) is 13.1 Å². The van der Waals surface area contributed by atoms with Gasteiger partial charge in [-0.3, -0.25) is 9.88 Å². The number of aryl methyl sites for hydroxylation is 1. The van der Waals surface area contributed by atoms with Crippen molar-refractivity contribution in [3.63, 3.8) is 0 Å². The number of aliphatic hydroxyl groups excluding tert-OH is 1. The summed E-state index contributed by atoms with van der Waals surface area (Å²) in [4.78, 5) is 6.51. The molecule has 4 nitrogen and oxygen atoms in total. The second kappa shape index (κ2) is 7.11. The Morgan fingerprint density at radius 1 is 1.26 bits per heavy atom. The Morgan fingerprint density at radius 2 is 2.04 bits per heavy atom. The molecule has 1 aliphatic rings. The molecule has 0 saturated carbocycles. The zero-order valence-corrected chi connectivity index (χ0v) is 13.6. The van der Waals surface area contributed by atoms with Crippen molar-refractivity contribution < 1.29 is 10.2 Å². The summed E-state index contributed by atoms with van der Waals surface area (Å²) in [7, 11) is 0. The van der Waals surface area contributed by atoms with Gasteiger partial charge >= 0.3 is 0 Å². The molecule has 0 unspecified atom stereocenters. The third kappa shape index (κ3) is 3.54. The van der Waals surface area contributed by atoms with Crippen molar-refractivity contribution in [3.8, 4) is 5.75 Å². The van der Waals surface area contributed by atoms with Crippen molar-refractivity contribution in [1.29, 1.82) is 0 Å². The Morgan fingerprint density at radius 3 is 2.78 bits per heavy atom. The topological polar surface area (TPSA) is 56.6 Å². The number of aromatic nitrogens is 1. The van der Waals surface area contributed by atoms with Crippen LogP contribution in [0.2, 0.25) is 0 Å². The lowest BCUT2D eigenvalue weighted by Crippen LogP contribution is -2.34. The lowest BCUT2D eigenvalue weighted by Gasteiger charge is -2.33. The number of pyridine rings is 1. The van der Waals surface area contributed by atoms with Gasteiger partial charge in [0.1, 0.15) is 5.75 Å². The van der Waals surface area contributed by atoms with Crippen LogP contribution in [0.5, 0.6) is 5.75 Å². The zero-order chi connectivity index (χ0) is 16.2. The van der Waals surface area contributed by atoms with E-state index in [1.807, 2.05) is 0 Å². The van der Waals surface area contributed by atoms with Gasteiger partial charge in [0.05, 0.1) is 12.3 Å². The minimum Gasteiger partial charge on any atom is -0.506 e. The second-order valence-electron chi connectivity index (χ2n) is 6.34. The molecule has 1 fully saturated rings. The second-order valence-corrected chi connectivity index (χ2v) is 6.34. The van der Waals surface area contributed by atoms with Crippen LogP contribution in [0.15, 0.2) is 36.5 Å². The summed E-state index contributed by atoms with van der Waals surface area (Å²) in [6.07, 6.45) is 4.02. The normalized spacial score (nSPS) is 19.0.